The number of halogens is 2. The van der Waals surface area contributed by atoms with E-state index in [-0.39, 0.29) is 35.7 Å². The Labute approximate surface area is 286 Å². The van der Waals surface area contributed by atoms with Crippen molar-refractivity contribution in [3.8, 4) is 5.75 Å². The molecule has 46 heavy (non-hydrogen) atoms. The highest BCUT2D eigenvalue weighted by atomic mass is 35.5. The van der Waals surface area contributed by atoms with E-state index >= 15 is 0 Å². The molecule has 3 aromatic rings. The van der Waals surface area contributed by atoms with Crippen LogP contribution in [0.2, 0.25) is 10.0 Å². The quantitative estimate of drug-likeness (QED) is 0.174. The summed E-state index contributed by atoms with van der Waals surface area (Å²) in [5.41, 5.74) is 0.682. The third-order valence-electron chi connectivity index (χ3n) is 8.09. The van der Waals surface area contributed by atoms with Gasteiger partial charge in [0, 0.05) is 33.1 Å². The summed E-state index contributed by atoms with van der Waals surface area (Å²) in [6.45, 7) is 3.24. The summed E-state index contributed by atoms with van der Waals surface area (Å²) in [5, 5.41) is 3.83. The zero-order chi connectivity index (χ0) is 33.3. The van der Waals surface area contributed by atoms with Gasteiger partial charge in [-0.05, 0) is 81.0 Å². The maximum absolute atomic E-state index is 14.5. The van der Waals surface area contributed by atoms with Gasteiger partial charge in [0.15, 0.2) is 0 Å². The molecule has 0 aromatic heterocycles. The summed E-state index contributed by atoms with van der Waals surface area (Å²) in [4.78, 5) is 30.6. The van der Waals surface area contributed by atoms with Gasteiger partial charge in [-0.15, -0.1) is 11.8 Å². The van der Waals surface area contributed by atoms with E-state index in [0.717, 1.165) is 41.3 Å². The van der Waals surface area contributed by atoms with Crippen molar-refractivity contribution in [2.45, 2.75) is 80.8 Å². The summed E-state index contributed by atoms with van der Waals surface area (Å²) >= 11 is 14.6. The maximum atomic E-state index is 14.5. The molecule has 8 nitrogen and oxygen atoms in total. The molecule has 1 fully saturated rings. The number of hydrogen-bond donors (Lipinski definition) is 1. The first-order valence-electron chi connectivity index (χ1n) is 15.5. The van der Waals surface area contributed by atoms with Crippen LogP contribution in [0.4, 0.5) is 5.69 Å². The van der Waals surface area contributed by atoms with Crippen LogP contribution in [0.15, 0.2) is 76.5 Å². The summed E-state index contributed by atoms with van der Waals surface area (Å²) in [7, 11) is -4.27. The van der Waals surface area contributed by atoms with Crippen LogP contribution in [0.25, 0.3) is 0 Å². The largest absolute Gasteiger partial charge is 0.492 e. The number of hydrogen-bond acceptors (Lipinski definition) is 6. The number of ether oxygens (including phenoxy) is 1. The average Bonchev–Trinajstić information content (AvgIpc) is 3.05. The summed E-state index contributed by atoms with van der Waals surface area (Å²) in [6.07, 6.45) is 7.15. The molecule has 4 rings (SSSR count). The average molecular weight is 707 g/mol. The molecule has 3 aromatic carbocycles. The number of sulfonamides is 1. The number of rotatable bonds is 14. The van der Waals surface area contributed by atoms with Crippen molar-refractivity contribution in [1.82, 2.24) is 10.2 Å². The number of para-hydroxylation sites is 2. The molecular formula is C34H41Cl2N3O5S2. The summed E-state index contributed by atoms with van der Waals surface area (Å²) in [6, 6.07) is 17.4. The van der Waals surface area contributed by atoms with Gasteiger partial charge in [0.25, 0.3) is 10.0 Å². The molecule has 2 amide bonds. The van der Waals surface area contributed by atoms with Gasteiger partial charge in [0.2, 0.25) is 11.8 Å². The van der Waals surface area contributed by atoms with Crippen LogP contribution in [-0.4, -0.2) is 56.6 Å². The molecular weight excluding hydrogens is 665 g/mol. The van der Waals surface area contributed by atoms with Gasteiger partial charge < -0.3 is 15.0 Å². The Morgan fingerprint density at radius 3 is 2.22 bits per heavy atom. The summed E-state index contributed by atoms with van der Waals surface area (Å²) < 4.78 is 35.5. The SMILES string of the molecule is CCOc1ccccc1N(CC(=O)N(Cc1c(Cl)cccc1Cl)[C@H](CC)C(=O)NC1CCCCC1)S(=O)(=O)c1ccc(SC)cc1. The van der Waals surface area contributed by atoms with Crippen molar-refractivity contribution >= 4 is 62.5 Å². The lowest BCUT2D eigenvalue weighted by Gasteiger charge is -2.35. The number of carbonyl (C=O) groups is 2. The first-order valence-corrected chi connectivity index (χ1v) is 18.9. The minimum absolute atomic E-state index is 0.0205. The number of benzene rings is 3. The zero-order valence-electron chi connectivity index (χ0n) is 26.4. The van der Waals surface area contributed by atoms with Crippen LogP contribution in [0, 0.1) is 0 Å². The number of nitrogens with zero attached hydrogens (tertiary/aromatic N) is 2. The van der Waals surface area contributed by atoms with Crippen molar-refractivity contribution in [3.63, 3.8) is 0 Å². The molecule has 0 bridgehead atoms. The molecule has 1 aliphatic rings. The third-order valence-corrected chi connectivity index (χ3v) is 11.3. The van der Waals surface area contributed by atoms with Gasteiger partial charge in [-0.1, -0.05) is 67.6 Å². The van der Waals surface area contributed by atoms with Crippen molar-refractivity contribution in [3.05, 3.63) is 82.3 Å². The lowest BCUT2D eigenvalue weighted by atomic mass is 9.95. The predicted octanol–water partition coefficient (Wildman–Crippen LogP) is 7.57. The van der Waals surface area contributed by atoms with Gasteiger partial charge in [-0.3, -0.25) is 13.9 Å². The Hall–Kier alpha value is -2.92. The van der Waals surface area contributed by atoms with Gasteiger partial charge in [0.1, 0.15) is 18.3 Å². The fourth-order valence-electron chi connectivity index (χ4n) is 5.65. The van der Waals surface area contributed by atoms with Gasteiger partial charge in [-0.25, -0.2) is 8.42 Å². The number of nitrogens with one attached hydrogen (secondary N) is 1. The highest BCUT2D eigenvalue weighted by molar-refractivity contribution is 7.98. The molecule has 0 unspecified atom stereocenters. The van der Waals surface area contributed by atoms with Crippen LogP contribution < -0.4 is 14.4 Å². The molecule has 1 saturated carbocycles. The molecule has 12 heteroatoms. The molecule has 1 atom stereocenters. The summed E-state index contributed by atoms with van der Waals surface area (Å²) in [5.74, 6) is -0.565. The zero-order valence-corrected chi connectivity index (χ0v) is 29.5. The second kappa shape index (κ2) is 16.8. The van der Waals surface area contributed by atoms with Crippen LogP contribution in [0.5, 0.6) is 5.75 Å². The highest BCUT2D eigenvalue weighted by Gasteiger charge is 2.36. The van der Waals surface area contributed by atoms with E-state index in [1.165, 1.54) is 28.8 Å². The van der Waals surface area contributed by atoms with Crippen molar-refractivity contribution in [2.75, 3.05) is 23.7 Å². The standard InChI is InChI=1S/C34H41Cl2N3O5S2/c1-4-30(34(41)37-24-12-7-6-8-13-24)38(22-27-28(35)14-11-15-29(27)36)33(40)23-39(31-16-9-10-17-32(31)44-5-2)46(42,43)26-20-18-25(45-3)19-21-26/h9-11,14-21,24,30H,4-8,12-13,22-23H2,1-3H3,(H,37,41)/t30-/m1/s1. The van der Waals surface area contributed by atoms with Crippen LogP contribution in [0.1, 0.15) is 57.9 Å². The van der Waals surface area contributed by atoms with Crippen LogP contribution >= 0.6 is 35.0 Å². The lowest BCUT2D eigenvalue weighted by molar-refractivity contribution is -0.140. The predicted molar refractivity (Wildman–Crippen MR) is 186 cm³/mol. The second-order valence-electron chi connectivity index (χ2n) is 11.1. The van der Waals surface area contributed by atoms with Crippen molar-refractivity contribution < 1.29 is 22.7 Å². The number of carbonyl (C=O) groups excluding carboxylic acids is 2. The van der Waals surface area contributed by atoms with Crippen molar-refractivity contribution in [1.29, 1.82) is 0 Å². The number of thioether (sulfide) groups is 1. The fourth-order valence-corrected chi connectivity index (χ4v) is 8.00. The van der Waals surface area contributed by atoms with Gasteiger partial charge in [-0.2, -0.15) is 0 Å². The van der Waals surface area contributed by atoms with Crippen LogP contribution in [0.3, 0.4) is 0 Å². The molecule has 0 heterocycles. The monoisotopic (exact) mass is 705 g/mol. The Balaban J connectivity index is 1.78. The Bertz CT molecular complexity index is 1580. The smallest absolute Gasteiger partial charge is 0.264 e. The fraction of sp³-hybridized carbons (Fsp3) is 0.412. The van der Waals surface area contributed by atoms with Crippen LogP contribution in [-0.2, 0) is 26.2 Å². The van der Waals surface area contributed by atoms with E-state index in [2.05, 4.69) is 5.32 Å². The Kier molecular flexibility index (Phi) is 13.1. The molecule has 0 aliphatic heterocycles. The van der Waals surface area contributed by atoms with Gasteiger partial charge >= 0.3 is 0 Å². The Morgan fingerprint density at radius 1 is 0.957 bits per heavy atom. The highest BCUT2D eigenvalue weighted by Crippen LogP contribution is 2.34. The minimum Gasteiger partial charge on any atom is -0.492 e. The Morgan fingerprint density at radius 2 is 1.61 bits per heavy atom. The third kappa shape index (κ3) is 8.70. The van der Waals surface area contributed by atoms with E-state index in [4.69, 9.17) is 27.9 Å². The number of amides is 2. The van der Waals surface area contributed by atoms with Gasteiger partial charge in [0.05, 0.1) is 17.2 Å². The molecule has 1 N–H and O–H groups in total. The number of anilines is 1. The van der Waals surface area contributed by atoms with Crippen molar-refractivity contribution in [2.24, 2.45) is 0 Å². The van der Waals surface area contributed by atoms with E-state index in [1.807, 2.05) is 13.2 Å². The minimum atomic E-state index is -4.27. The normalized spacial score (nSPS) is 14.4. The van der Waals surface area contributed by atoms with E-state index in [0.29, 0.717) is 27.8 Å². The molecule has 0 radical (unpaired) electrons. The molecule has 248 valence electrons. The van der Waals surface area contributed by atoms with E-state index in [1.54, 1.807) is 61.5 Å². The van der Waals surface area contributed by atoms with E-state index in [9.17, 15) is 18.0 Å². The van der Waals surface area contributed by atoms with E-state index < -0.39 is 28.5 Å². The molecule has 0 saturated heterocycles. The first-order chi connectivity index (χ1) is 22.1. The molecule has 0 spiro atoms. The second-order valence-corrected chi connectivity index (χ2v) is 14.6. The molecule has 1 aliphatic carbocycles. The lowest BCUT2D eigenvalue weighted by Crippen LogP contribution is -2.54. The topological polar surface area (TPSA) is 96.0 Å². The first kappa shape index (κ1) is 35.9. The maximum Gasteiger partial charge on any atom is 0.264 e.